The molecule has 0 saturated carbocycles. The van der Waals surface area contributed by atoms with Gasteiger partial charge in [0, 0.05) is 5.56 Å². The molecule has 2 N–H and O–H groups in total. The molecule has 0 heterocycles. The number of benzene rings is 2. The molecule has 0 fully saturated rings. The topological polar surface area (TPSA) is 35.2 Å². The van der Waals surface area contributed by atoms with Gasteiger partial charge in [0.15, 0.2) is 0 Å². The number of rotatable bonds is 3. The van der Waals surface area contributed by atoms with Gasteiger partial charge >= 0.3 is 0 Å². The van der Waals surface area contributed by atoms with E-state index in [9.17, 15) is 0 Å². The number of hydrogen-bond donors (Lipinski definition) is 1. The zero-order chi connectivity index (χ0) is 13.1. The molecule has 0 aliphatic rings. The van der Waals surface area contributed by atoms with Crippen LogP contribution in [0.2, 0.25) is 0 Å². The lowest BCUT2D eigenvalue weighted by Crippen LogP contribution is -2.09. The summed E-state index contributed by atoms with van der Waals surface area (Å²) in [5.74, 6) is 1.46. The van der Waals surface area contributed by atoms with Crippen molar-refractivity contribution in [1.82, 2.24) is 0 Å². The first-order valence-electron chi connectivity index (χ1n) is 5.09. The largest absolute Gasteiger partial charge is 0.455 e. The van der Waals surface area contributed by atoms with Gasteiger partial charge in [-0.1, -0.05) is 24.4 Å². The minimum Gasteiger partial charge on any atom is -0.455 e. The molecule has 92 valence electrons. The molecule has 18 heavy (non-hydrogen) atoms. The van der Waals surface area contributed by atoms with Crippen molar-refractivity contribution in [2.45, 2.75) is 0 Å². The standard InChI is InChI=1S/C13H9Br2NOS/c14-9-3-1-2-4-11(9)17-12-6-5-8(13(16)18)7-10(12)15/h1-7H,(H2,16,18). The van der Waals surface area contributed by atoms with Crippen molar-refractivity contribution in [2.24, 2.45) is 5.73 Å². The molecule has 0 aliphatic heterocycles. The Morgan fingerprint density at radius 3 is 2.28 bits per heavy atom. The van der Waals surface area contributed by atoms with Gasteiger partial charge in [0.2, 0.25) is 0 Å². The molecule has 2 nitrogen and oxygen atoms in total. The molecule has 0 spiro atoms. The predicted molar refractivity (Wildman–Crippen MR) is 84.2 cm³/mol. The van der Waals surface area contributed by atoms with Gasteiger partial charge in [-0.3, -0.25) is 0 Å². The molecule has 0 aliphatic carbocycles. The number of hydrogen-bond acceptors (Lipinski definition) is 2. The first-order chi connectivity index (χ1) is 8.58. The molecule has 0 radical (unpaired) electrons. The average molecular weight is 387 g/mol. The Hall–Kier alpha value is -0.910. The lowest BCUT2D eigenvalue weighted by Gasteiger charge is -2.10. The van der Waals surface area contributed by atoms with Gasteiger partial charge < -0.3 is 10.5 Å². The molecule has 0 saturated heterocycles. The molecular weight excluding hydrogens is 378 g/mol. The maximum Gasteiger partial charge on any atom is 0.141 e. The summed E-state index contributed by atoms with van der Waals surface area (Å²) in [4.78, 5) is 0.364. The smallest absolute Gasteiger partial charge is 0.141 e. The molecule has 5 heteroatoms. The average Bonchev–Trinajstić information content (AvgIpc) is 2.34. The number of ether oxygens (including phenoxy) is 1. The van der Waals surface area contributed by atoms with Crippen LogP contribution in [0, 0.1) is 0 Å². The van der Waals surface area contributed by atoms with Crippen LogP contribution in [-0.2, 0) is 0 Å². The summed E-state index contributed by atoms with van der Waals surface area (Å²) in [6.45, 7) is 0. The van der Waals surface area contributed by atoms with Crippen LogP contribution in [0.1, 0.15) is 5.56 Å². The third-order valence-corrected chi connectivity index (χ3v) is 3.78. The molecular formula is C13H9Br2NOS. The Balaban J connectivity index is 2.30. The van der Waals surface area contributed by atoms with Crippen molar-refractivity contribution < 1.29 is 4.74 Å². The summed E-state index contributed by atoms with van der Waals surface area (Å²) in [6.07, 6.45) is 0. The Bertz CT molecular complexity index is 601. The van der Waals surface area contributed by atoms with Crippen LogP contribution in [0.15, 0.2) is 51.4 Å². The van der Waals surface area contributed by atoms with Crippen LogP contribution in [-0.4, -0.2) is 4.99 Å². The van der Waals surface area contributed by atoms with Crippen molar-refractivity contribution in [3.63, 3.8) is 0 Å². The zero-order valence-corrected chi connectivity index (χ0v) is 13.2. The summed E-state index contributed by atoms with van der Waals surface area (Å²) in [6, 6.07) is 13.2. The van der Waals surface area contributed by atoms with Crippen molar-refractivity contribution >= 4 is 49.1 Å². The molecule has 0 unspecified atom stereocenters. The third-order valence-electron chi connectivity index (χ3n) is 2.27. The Labute approximate surface area is 127 Å². The normalized spacial score (nSPS) is 10.1. The van der Waals surface area contributed by atoms with Gasteiger partial charge in [-0.2, -0.15) is 0 Å². The van der Waals surface area contributed by atoms with Gasteiger partial charge in [-0.25, -0.2) is 0 Å². The number of para-hydroxylation sites is 1. The molecule has 0 aromatic heterocycles. The summed E-state index contributed by atoms with van der Waals surface area (Å²) < 4.78 is 7.50. The fourth-order valence-electron chi connectivity index (χ4n) is 1.38. The highest BCUT2D eigenvalue weighted by Gasteiger charge is 2.07. The van der Waals surface area contributed by atoms with Crippen LogP contribution >= 0.6 is 44.1 Å². The summed E-state index contributed by atoms with van der Waals surface area (Å²) in [5.41, 5.74) is 6.37. The molecule has 2 aromatic rings. The van der Waals surface area contributed by atoms with Crippen LogP contribution in [0.25, 0.3) is 0 Å². The molecule has 0 atom stereocenters. The second-order valence-corrected chi connectivity index (χ2v) is 5.69. The van der Waals surface area contributed by atoms with E-state index in [-0.39, 0.29) is 0 Å². The fraction of sp³-hybridized carbons (Fsp3) is 0. The van der Waals surface area contributed by atoms with E-state index in [2.05, 4.69) is 31.9 Å². The monoisotopic (exact) mass is 385 g/mol. The Morgan fingerprint density at radius 2 is 1.67 bits per heavy atom. The van der Waals surface area contributed by atoms with E-state index in [4.69, 9.17) is 22.7 Å². The number of thiocarbonyl (C=S) groups is 1. The highest BCUT2D eigenvalue weighted by Crippen LogP contribution is 2.34. The quantitative estimate of drug-likeness (QED) is 0.780. The van der Waals surface area contributed by atoms with Crippen LogP contribution in [0.5, 0.6) is 11.5 Å². The van der Waals surface area contributed by atoms with E-state index >= 15 is 0 Å². The summed E-state index contributed by atoms with van der Waals surface area (Å²) >= 11 is 11.8. The van der Waals surface area contributed by atoms with Crippen LogP contribution in [0.3, 0.4) is 0 Å². The highest BCUT2D eigenvalue weighted by atomic mass is 79.9. The summed E-state index contributed by atoms with van der Waals surface area (Å²) in [5, 5.41) is 0. The van der Waals surface area contributed by atoms with E-state index < -0.39 is 0 Å². The van der Waals surface area contributed by atoms with Crippen molar-refractivity contribution in [1.29, 1.82) is 0 Å². The minimum atomic E-state index is 0.364. The van der Waals surface area contributed by atoms with Crippen molar-refractivity contribution in [3.8, 4) is 11.5 Å². The number of nitrogens with two attached hydrogens (primary N) is 1. The van der Waals surface area contributed by atoms with E-state index in [1.54, 1.807) is 0 Å². The first kappa shape index (κ1) is 13.5. The van der Waals surface area contributed by atoms with Crippen LogP contribution in [0.4, 0.5) is 0 Å². The number of halogens is 2. The van der Waals surface area contributed by atoms with Gasteiger partial charge in [0.1, 0.15) is 16.5 Å². The van der Waals surface area contributed by atoms with Crippen LogP contribution < -0.4 is 10.5 Å². The van der Waals surface area contributed by atoms with Crippen molar-refractivity contribution in [2.75, 3.05) is 0 Å². The van der Waals surface area contributed by atoms with E-state index in [0.717, 1.165) is 20.3 Å². The zero-order valence-electron chi connectivity index (χ0n) is 9.19. The van der Waals surface area contributed by atoms with E-state index in [0.29, 0.717) is 10.7 Å². The maximum atomic E-state index is 5.80. The molecule has 0 bridgehead atoms. The third kappa shape index (κ3) is 3.10. The van der Waals surface area contributed by atoms with Crippen molar-refractivity contribution in [3.05, 3.63) is 57.0 Å². The Morgan fingerprint density at radius 1 is 1.00 bits per heavy atom. The molecule has 2 rings (SSSR count). The van der Waals surface area contributed by atoms with Gasteiger partial charge in [-0.05, 0) is 62.2 Å². The van der Waals surface area contributed by atoms with Gasteiger partial charge in [0.05, 0.1) is 8.95 Å². The summed E-state index contributed by atoms with van der Waals surface area (Å²) in [7, 11) is 0. The minimum absolute atomic E-state index is 0.364. The lowest BCUT2D eigenvalue weighted by molar-refractivity contribution is 0.476. The Kier molecular flexibility index (Phi) is 4.37. The second-order valence-electron chi connectivity index (χ2n) is 3.54. The van der Waals surface area contributed by atoms with Gasteiger partial charge in [-0.15, -0.1) is 0 Å². The fourth-order valence-corrected chi connectivity index (χ4v) is 2.34. The predicted octanol–water partition coefficient (Wildman–Crippen LogP) is 4.64. The first-order valence-corrected chi connectivity index (χ1v) is 7.09. The second kappa shape index (κ2) is 5.82. The highest BCUT2D eigenvalue weighted by molar-refractivity contribution is 9.11. The lowest BCUT2D eigenvalue weighted by atomic mass is 10.2. The van der Waals surface area contributed by atoms with E-state index in [1.165, 1.54) is 0 Å². The maximum absolute atomic E-state index is 5.80. The molecule has 2 aromatic carbocycles. The van der Waals surface area contributed by atoms with E-state index in [1.807, 2.05) is 42.5 Å². The SMILES string of the molecule is NC(=S)c1ccc(Oc2ccccc2Br)c(Br)c1. The molecule has 0 amide bonds. The van der Waals surface area contributed by atoms with Gasteiger partial charge in [0.25, 0.3) is 0 Å².